The van der Waals surface area contributed by atoms with Crippen LogP contribution in [0.15, 0.2) is 0 Å². The van der Waals surface area contributed by atoms with E-state index in [4.69, 9.17) is 4.74 Å². The molecule has 0 saturated carbocycles. The minimum absolute atomic E-state index is 0.192. The van der Waals surface area contributed by atoms with Crippen LogP contribution >= 0.6 is 0 Å². The molecule has 2 rings (SSSR count). The Morgan fingerprint density at radius 2 is 2.40 bits per heavy atom. The molecule has 0 spiro atoms. The molecule has 2 atom stereocenters. The monoisotopic (exact) mass is 141 g/mol. The van der Waals surface area contributed by atoms with Gasteiger partial charge in [-0.1, -0.05) is 0 Å². The summed E-state index contributed by atoms with van der Waals surface area (Å²) in [6.07, 6.45) is 3.05. The summed E-state index contributed by atoms with van der Waals surface area (Å²) in [7, 11) is 2.18. The van der Waals surface area contributed by atoms with Crippen LogP contribution < -0.4 is 0 Å². The molecule has 10 heavy (non-hydrogen) atoms. The third kappa shape index (κ3) is 0.956. The molecule has 58 valence electrons. The molecule has 1 unspecified atom stereocenters. The maximum atomic E-state index is 5.81. The van der Waals surface area contributed by atoms with Crippen molar-refractivity contribution in [1.29, 1.82) is 0 Å². The zero-order valence-corrected chi connectivity index (χ0v) is 6.76. The van der Waals surface area contributed by atoms with Crippen LogP contribution in [0, 0.1) is 0 Å². The van der Waals surface area contributed by atoms with Crippen molar-refractivity contribution < 1.29 is 4.74 Å². The summed E-state index contributed by atoms with van der Waals surface area (Å²) in [6.45, 7) is 4.47. The summed E-state index contributed by atoms with van der Waals surface area (Å²) in [5, 5.41) is 0. The topological polar surface area (TPSA) is 12.5 Å². The molecule has 2 heterocycles. The van der Waals surface area contributed by atoms with E-state index in [-0.39, 0.29) is 5.60 Å². The summed E-state index contributed by atoms with van der Waals surface area (Å²) in [5.74, 6) is 0. The average Bonchev–Trinajstić information content (AvgIpc) is 2.06. The van der Waals surface area contributed by atoms with E-state index in [9.17, 15) is 0 Å². The van der Waals surface area contributed by atoms with Gasteiger partial charge in [0, 0.05) is 13.1 Å². The van der Waals surface area contributed by atoms with Crippen molar-refractivity contribution in [2.24, 2.45) is 0 Å². The maximum absolute atomic E-state index is 5.81. The molecule has 0 aromatic carbocycles. The molecule has 2 heteroatoms. The number of hydrogen-bond acceptors (Lipinski definition) is 2. The molecule has 2 aliphatic rings. The highest BCUT2D eigenvalue weighted by Gasteiger charge is 2.41. The van der Waals surface area contributed by atoms with E-state index >= 15 is 0 Å². The Balaban J connectivity index is 2.13. The van der Waals surface area contributed by atoms with E-state index in [1.54, 1.807) is 0 Å². The van der Waals surface area contributed by atoms with E-state index in [1.807, 2.05) is 0 Å². The Hall–Kier alpha value is -0.0800. The number of fused-ring (bicyclic) bond motifs is 2. The van der Waals surface area contributed by atoms with E-state index in [0.717, 1.165) is 13.1 Å². The van der Waals surface area contributed by atoms with Gasteiger partial charge in [0.05, 0.1) is 11.7 Å². The van der Waals surface area contributed by atoms with E-state index in [0.29, 0.717) is 6.10 Å². The SMILES string of the molecule is CN1CC2CC[C@](C)(C1)O2. The highest BCUT2D eigenvalue weighted by atomic mass is 16.5. The molecular formula is C8H15NO. The second kappa shape index (κ2) is 1.95. The summed E-state index contributed by atoms with van der Waals surface area (Å²) in [6, 6.07) is 0. The average molecular weight is 141 g/mol. The highest BCUT2D eigenvalue weighted by Crippen LogP contribution is 2.34. The lowest BCUT2D eigenvalue weighted by Gasteiger charge is -2.35. The number of rotatable bonds is 0. The lowest BCUT2D eigenvalue weighted by atomic mass is 10.0. The van der Waals surface area contributed by atoms with Gasteiger partial charge in [0.15, 0.2) is 0 Å². The summed E-state index contributed by atoms with van der Waals surface area (Å²) in [5.41, 5.74) is 0.192. The van der Waals surface area contributed by atoms with Crippen LogP contribution in [0.2, 0.25) is 0 Å². The Morgan fingerprint density at radius 3 is 3.10 bits per heavy atom. The first-order valence-electron chi connectivity index (χ1n) is 4.04. The Bertz CT molecular complexity index is 148. The van der Waals surface area contributed by atoms with Crippen LogP contribution in [0.25, 0.3) is 0 Å². The van der Waals surface area contributed by atoms with Crippen LogP contribution in [-0.4, -0.2) is 36.7 Å². The third-order valence-corrected chi connectivity index (χ3v) is 2.57. The van der Waals surface area contributed by atoms with Gasteiger partial charge in [-0.15, -0.1) is 0 Å². The fourth-order valence-electron chi connectivity index (χ4n) is 2.21. The zero-order valence-electron chi connectivity index (χ0n) is 6.76. The van der Waals surface area contributed by atoms with Crippen LogP contribution in [-0.2, 0) is 4.74 Å². The van der Waals surface area contributed by atoms with E-state index < -0.39 is 0 Å². The number of morpholine rings is 1. The fourth-order valence-corrected chi connectivity index (χ4v) is 2.21. The Morgan fingerprint density at radius 1 is 1.60 bits per heavy atom. The molecule has 0 aromatic rings. The first kappa shape index (κ1) is 6.62. The van der Waals surface area contributed by atoms with Crippen molar-refractivity contribution in [3.8, 4) is 0 Å². The third-order valence-electron chi connectivity index (χ3n) is 2.57. The van der Waals surface area contributed by atoms with Crippen molar-refractivity contribution in [2.45, 2.75) is 31.5 Å². The molecule has 2 fully saturated rings. The Labute approximate surface area is 62.2 Å². The van der Waals surface area contributed by atoms with Crippen molar-refractivity contribution >= 4 is 0 Å². The second-order valence-corrected chi connectivity index (χ2v) is 3.93. The highest BCUT2D eigenvalue weighted by molar-refractivity contribution is 4.92. The largest absolute Gasteiger partial charge is 0.369 e. The molecule has 0 N–H and O–H groups in total. The van der Waals surface area contributed by atoms with Crippen LogP contribution in [0.5, 0.6) is 0 Å². The van der Waals surface area contributed by atoms with Gasteiger partial charge in [-0.05, 0) is 26.8 Å². The zero-order chi connectivity index (χ0) is 7.19. The van der Waals surface area contributed by atoms with Crippen molar-refractivity contribution in [1.82, 2.24) is 4.90 Å². The number of nitrogens with zero attached hydrogens (tertiary/aromatic N) is 1. The minimum Gasteiger partial charge on any atom is -0.369 e. The van der Waals surface area contributed by atoms with Gasteiger partial charge in [0.1, 0.15) is 0 Å². The number of hydrogen-bond donors (Lipinski definition) is 0. The predicted molar refractivity (Wildman–Crippen MR) is 40.0 cm³/mol. The lowest BCUT2D eigenvalue weighted by molar-refractivity contribution is -0.0915. The molecule has 2 aliphatic heterocycles. The number of likely N-dealkylation sites (N-methyl/N-ethyl adjacent to an activating group) is 1. The number of ether oxygens (including phenoxy) is 1. The van der Waals surface area contributed by atoms with Gasteiger partial charge in [0.25, 0.3) is 0 Å². The summed E-state index contributed by atoms with van der Waals surface area (Å²) < 4.78 is 5.81. The number of likely N-dealkylation sites (tertiary alicyclic amines) is 1. The molecule has 2 bridgehead atoms. The van der Waals surface area contributed by atoms with Gasteiger partial charge in [-0.25, -0.2) is 0 Å². The van der Waals surface area contributed by atoms with Crippen LogP contribution in [0.3, 0.4) is 0 Å². The molecule has 0 aliphatic carbocycles. The lowest BCUT2D eigenvalue weighted by Crippen LogP contribution is -2.46. The minimum atomic E-state index is 0.192. The van der Waals surface area contributed by atoms with E-state index in [2.05, 4.69) is 18.9 Å². The summed E-state index contributed by atoms with van der Waals surface area (Å²) >= 11 is 0. The van der Waals surface area contributed by atoms with Crippen molar-refractivity contribution in [2.75, 3.05) is 20.1 Å². The van der Waals surface area contributed by atoms with Crippen molar-refractivity contribution in [3.63, 3.8) is 0 Å². The van der Waals surface area contributed by atoms with Crippen LogP contribution in [0.4, 0.5) is 0 Å². The first-order chi connectivity index (χ1) is 4.68. The van der Waals surface area contributed by atoms with Gasteiger partial charge in [-0.3, -0.25) is 0 Å². The molecule has 2 nitrogen and oxygen atoms in total. The van der Waals surface area contributed by atoms with Gasteiger partial charge in [0.2, 0.25) is 0 Å². The summed E-state index contributed by atoms with van der Waals surface area (Å²) in [4.78, 5) is 2.38. The van der Waals surface area contributed by atoms with Gasteiger partial charge < -0.3 is 9.64 Å². The molecule has 0 aromatic heterocycles. The predicted octanol–water partition coefficient (Wildman–Crippen LogP) is 0.869. The first-order valence-corrected chi connectivity index (χ1v) is 4.04. The Kier molecular flexibility index (Phi) is 1.29. The molecular weight excluding hydrogens is 126 g/mol. The molecule has 2 saturated heterocycles. The molecule has 0 radical (unpaired) electrons. The standard InChI is InChI=1S/C8H15NO/c1-8-4-3-7(10-8)5-9(2)6-8/h7H,3-6H2,1-2H3/t7?,8-/m1/s1. The fraction of sp³-hybridized carbons (Fsp3) is 1.00. The van der Waals surface area contributed by atoms with Crippen molar-refractivity contribution in [3.05, 3.63) is 0 Å². The van der Waals surface area contributed by atoms with E-state index in [1.165, 1.54) is 12.8 Å². The van der Waals surface area contributed by atoms with Gasteiger partial charge in [-0.2, -0.15) is 0 Å². The molecule has 0 amide bonds. The van der Waals surface area contributed by atoms with Gasteiger partial charge >= 0.3 is 0 Å². The quantitative estimate of drug-likeness (QED) is 0.496. The van der Waals surface area contributed by atoms with Crippen LogP contribution in [0.1, 0.15) is 19.8 Å². The smallest absolute Gasteiger partial charge is 0.0786 e. The second-order valence-electron chi connectivity index (χ2n) is 3.93. The normalized spacial score (nSPS) is 48.0. The maximum Gasteiger partial charge on any atom is 0.0786 e.